The van der Waals surface area contributed by atoms with Crippen LogP contribution in [-0.2, 0) is 9.59 Å². The van der Waals surface area contributed by atoms with Gasteiger partial charge in [0.15, 0.2) is 0 Å². The van der Waals surface area contributed by atoms with E-state index in [1.54, 1.807) is 4.90 Å². The number of anilines is 1. The van der Waals surface area contributed by atoms with Crippen molar-refractivity contribution in [2.75, 3.05) is 4.90 Å². The van der Waals surface area contributed by atoms with Gasteiger partial charge in [0.2, 0.25) is 11.8 Å². The fraction of sp³-hybridized carbons (Fsp3) is 0.500. The Kier molecular flexibility index (Phi) is 4.12. The van der Waals surface area contributed by atoms with E-state index in [9.17, 15) is 9.59 Å². The summed E-state index contributed by atoms with van der Waals surface area (Å²) in [5, 5.41) is 2.83. The zero-order valence-electron chi connectivity index (χ0n) is 12.5. The lowest BCUT2D eigenvalue weighted by Crippen LogP contribution is -2.65. The summed E-state index contributed by atoms with van der Waals surface area (Å²) < 4.78 is 0. The van der Waals surface area contributed by atoms with Crippen LogP contribution in [0.3, 0.4) is 0 Å². The number of aryl methyl sites for hydroxylation is 1. The molecule has 1 heterocycles. The standard InChI is InChI=1S/C16H22N2O2/c1-5-13-16(20)18(12-8-6-7-11(4)9-12)14(10(2)3)15(19)17-13/h6-10,13-14H,5H2,1-4H3,(H,17,19). The molecule has 1 aliphatic heterocycles. The summed E-state index contributed by atoms with van der Waals surface area (Å²) in [7, 11) is 0. The SMILES string of the molecule is CCC1NC(=O)C(C(C)C)N(c2cccc(C)c2)C1=O. The predicted molar refractivity (Wildman–Crippen MR) is 79.5 cm³/mol. The van der Waals surface area contributed by atoms with Crippen molar-refractivity contribution in [3.8, 4) is 0 Å². The summed E-state index contributed by atoms with van der Waals surface area (Å²) in [5.74, 6) is -0.0124. The molecule has 1 aliphatic rings. The van der Waals surface area contributed by atoms with E-state index in [-0.39, 0.29) is 17.7 Å². The van der Waals surface area contributed by atoms with Crippen LogP contribution in [0.15, 0.2) is 24.3 Å². The summed E-state index contributed by atoms with van der Waals surface area (Å²) in [6.45, 7) is 7.83. The van der Waals surface area contributed by atoms with E-state index in [4.69, 9.17) is 0 Å². The summed E-state index contributed by atoms with van der Waals surface area (Å²) in [4.78, 5) is 26.6. The molecule has 0 aliphatic carbocycles. The average molecular weight is 274 g/mol. The zero-order valence-corrected chi connectivity index (χ0v) is 12.5. The van der Waals surface area contributed by atoms with Gasteiger partial charge in [-0.1, -0.05) is 32.9 Å². The molecule has 4 heteroatoms. The molecule has 0 saturated carbocycles. The highest BCUT2D eigenvalue weighted by Crippen LogP contribution is 2.26. The highest BCUT2D eigenvalue weighted by Gasteiger charge is 2.41. The second-order valence-electron chi connectivity index (χ2n) is 5.71. The van der Waals surface area contributed by atoms with Gasteiger partial charge >= 0.3 is 0 Å². The third-order valence-electron chi connectivity index (χ3n) is 3.72. The zero-order chi connectivity index (χ0) is 14.9. The average Bonchev–Trinajstić information content (AvgIpc) is 2.40. The number of rotatable bonds is 3. The number of nitrogens with one attached hydrogen (secondary N) is 1. The van der Waals surface area contributed by atoms with Crippen LogP contribution in [-0.4, -0.2) is 23.9 Å². The van der Waals surface area contributed by atoms with E-state index in [0.717, 1.165) is 11.3 Å². The van der Waals surface area contributed by atoms with Crippen molar-refractivity contribution in [2.45, 2.75) is 46.2 Å². The van der Waals surface area contributed by atoms with Gasteiger partial charge in [-0.25, -0.2) is 0 Å². The molecule has 0 spiro atoms. The first-order valence-electron chi connectivity index (χ1n) is 7.15. The molecule has 2 rings (SSSR count). The first-order valence-corrected chi connectivity index (χ1v) is 7.15. The van der Waals surface area contributed by atoms with Gasteiger partial charge in [-0.2, -0.15) is 0 Å². The number of carbonyl (C=O) groups excluding carboxylic acids is 2. The highest BCUT2D eigenvalue weighted by molar-refractivity contribution is 6.08. The number of amides is 2. The minimum atomic E-state index is -0.438. The first kappa shape index (κ1) is 14.6. The molecule has 1 fully saturated rings. The van der Waals surface area contributed by atoms with Crippen molar-refractivity contribution >= 4 is 17.5 Å². The van der Waals surface area contributed by atoms with Gasteiger partial charge < -0.3 is 5.32 Å². The Bertz CT molecular complexity index is 525. The molecule has 1 saturated heterocycles. The van der Waals surface area contributed by atoms with Crippen LogP contribution >= 0.6 is 0 Å². The summed E-state index contributed by atoms with van der Waals surface area (Å²) in [6.07, 6.45) is 0.609. The number of nitrogens with zero attached hydrogens (tertiary/aromatic N) is 1. The van der Waals surface area contributed by atoms with Crippen molar-refractivity contribution < 1.29 is 9.59 Å². The Morgan fingerprint density at radius 3 is 2.55 bits per heavy atom. The van der Waals surface area contributed by atoms with E-state index in [2.05, 4.69) is 5.32 Å². The Morgan fingerprint density at radius 1 is 1.30 bits per heavy atom. The van der Waals surface area contributed by atoms with Gasteiger partial charge in [0.25, 0.3) is 0 Å². The Morgan fingerprint density at radius 2 is 2.00 bits per heavy atom. The van der Waals surface area contributed by atoms with E-state index in [1.807, 2.05) is 52.0 Å². The van der Waals surface area contributed by atoms with Gasteiger partial charge in [-0.05, 0) is 37.0 Å². The topological polar surface area (TPSA) is 49.4 Å². The first-order chi connectivity index (χ1) is 9.45. The van der Waals surface area contributed by atoms with Crippen LogP contribution in [0.1, 0.15) is 32.8 Å². The van der Waals surface area contributed by atoms with E-state index >= 15 is 0 Å². The Hall–Kier alpha value is -1.84. The van der Waals surface area contributed by atoms with Gasteiger partial charge in [-0.3, -0.25) is 14.5 Å². The lowest BCUT2D eigenvalue weighted by atomic mass is 9.95. The molecule has 20 heavy (non-hydrogen) atoms. The third-order valence-corrected chi connectivity index (χ3v) is 3.72. The number of benzene rings is 1. The van der Waals surface area contributed by atoms with Crippen LogP contribution in [0.2, 0.25) is 0 Å². The fourth-order valence-electron chi connectivity index (χ4n) is 2.68. The number of hydrogen-bond donors (Lipinski definition) is 1. The number of carbonyl (C=O) groups is 2. The third kappa shape index (κ3) is 2.55. The second-order valence-corrected chi connectivity index (χ2v) is 5.71. The molecule has 0 radical (unpaired) electrons. The molecular weight excluding hydrogens is 252 g/mol. The molecule has 4 nitrogen and oxygen atoms in total. The van der Waals surface area contributed by atoms with Crippen molar-refractivity contribution in [1.29, 1.82) is 0 Å². The lowest BCUT2D eigenvalue weighted by Gasteiger charge is -2.40. The normalized spacial score (nSPS) is 23.1. The predicted octanol–water partition coefficient (Wildman–Crippen LogP) is 2.26. The Labute approximate surface area is 120 Å². The molecule has 0 bridgehead atoms. The largest absolute Gasteiger partial charge is 0.342 e. The van der Waals surface area contributed by atoms with Crippen LogP contribution in [0, 0.1) is 12.8 Å². The van der Waals surface area contributed by atoms with Crippen molar-refractivity contribution in [1.82, 2.24) is 5.32 Å². The molecular formula is C16H22N2O2. The summed E-state index contributed by atoms with van der Waals surface area (Å²) in [6, 6.07) is 6.90. The maximum Gasteiger partial charge on any atom is 0.250 e. The van der Waals surface area contributed by atoms with Gasteiger partial charge in [-0.15, -0.1) is 0 Å². The van der Waals surface area contributed by atoms with Gasteiger partial charge in [0.05, 0.1) is 0 Å². The Balaban J connectivity index is 2.47. The minimum Gasteiger partial charge on any atom is -0.342 e. The quantitative estimate of drug-likeness (QED) is 0.919. The fourth-order valence-corrected chi connectivity index (χ4v) is 2.68. The summed E-state index contributed by atoms with van der Waals surface area (Å²) >= 11 is 0. The molecule has 2 unspecified atom stereocenters. The van der Waals surface area contributed by atoms with Crippen molar-refractivity contribution in [2.24, 2.45) is 5.92 Å². The molecule has 1 aromatic rings. The molecule has 2 amide bonds. The van der Waals surface area contributed by atoms with E-state index in [0.29, 0.717) is 6.42 Å². The van der Waals surface area contributed by atoms with Crippen LogP contribution < -0.4 is 10.2 Å². The van der Waals surface area contributed by atoms with Crippen LogP contribution in [0.5, 0.6) is 0 Å². The number of piperazine rings is 1. The molecule has 1 N–H and O–H groups in total. The molecule has 1 aromatic carbocycles. The molecule has 108 valence electrons. The maximum absolute atomic E-state index is 12.6. The van der Waals surface area contributed by atoms with Crippen LogP contribution in [0.25, 0.3) is 0 Å². The van der Waals surface area contributed by atoms with Crippen LogP contribution in [0.4, 0.5) is 5.69 Å². The minimum absolute atomic E-state index is 0.0172. The van der Waals surface area contributed by atoms with Gasteiger partial charge in [0, 0.05) is 5.69 Å². The summed E-state index contributed by atoms with van der Waals surface area (Å²) in [5.41, 5.74) is 1.89. The monoisotopic (exact) mass is 274 g/mol. The molecule has 2 atom stereocenters. The maximum atomic E-state index is 12.6. The van der Waals surface area contributed by atoms with E-state index < -0.39 is 12.1 Å². The number of hydrogen-bond acceptors (Lipinski definition) is 2. The smallest absolute Gasteiger partial charge is 0.250 e. The van der Waals surface area contributed by atoms with Crippen molar-refractivity contribution in [3.05, 3.63) is 29.8 Å². The second kappa shape index (κ2) is 5.65. The molecule has 0 aromatic heterocycles. The van der Waals surface area contributed by atoms with Crippen molar-refractivity contribution in [3.63, 3.8) is 0 Å². The van der Waals surface area contributed by atoms with E-state index in [1.165, 1.54) is 0 Å². The lowest BCUT2D eigenvalue weighted by molar-refractivity contribution is -0.134. The highest BCUT2D eigenvalue weighted by atomic mass is 16.2. The van der Waals surface area contributed by atoms with Gasteiger partial charge in [0.1, 0.15) is 12.1 Å².